The Morgan fingerprint density at radius 3 is 2.27 bits per heavy atom. The van der Waals surface area contributed by atoms with Crippen LogP contribution in [0.3, 0.4) is 0 Å². The Labute approximate surface area is 93.3 Å². The van der Waals surface area contributed by atoms with Gasteiger partial charge in [-0.15, -0.1) is 0 Å². The van der Waals surface area contributed by atoms with Gasteiger partial charge in [0.05, 0.1) is 6.10 Å². The molecule has 0 saturated heterocycles. The summed E-state index contributed by atoms with van der Waals surface area (Å²) in [6, 6.07) is 0. The van der Waals surface area contributed by atoms with E-state index in [0.29, 0.717) is 12.6 Å². The monoisotopic (exact) mass is 218 g/mol. The van der Waals surface area contributed by atoms with E-state index < -0.39 is 0 Å². The third kappa shape index (κ3) is 11.8. The van der Waals surface area contributed by atoms with Crippen LogP contribution < -0.4 is 11.5 Å². The first-order chi connectivity index (χ1) is 7.31. The summed E-state index contributed by atoms with van der Waals surface area (Å²) >= 11 is 0. The van der Waals surface area contributed by atoms with Gasteiger partial charge in [-0.2, -0.15) is 0 Å². The zero-order valence-corrected chi connectivity index (χ0v) is 9.91. The summed E-state index contributed by atoms with van der Waals surface area (Å²) in [7, 11) is 0. The molecule has 0 rings (SSSR count). The fraction of sp³-hybridized carbons (Fsp3) is 1.00. The second-order valence-corrected chi connectivity index (χ2v) is 3.72. The highest BCUT2D eigenvalue weighted by atomic mass is 16.5. The zero-order valence-electron chi connectivity index (χ0n) is 9.91. The molecule has 0 spiro atoms. The standard InChI is InChI=1S/C11H26N2O2/c1-11(5-2-6-12)15-10-4-9-14-8-3-7-13/h11H,2-10,12-13H2,1H3. The fourth-order valence-electron chi connectivity index (χ4n) is 1.22. The van der Waals surface area contributed by atoms with E-state index in [1.165, 1.54) is 0 Å². The normalized spacial score (nSPS) is 13.0. The molecule has 0 fully saturated rings. The van der Waals surface area contributed by atoms with E-state index in [1.54, 1.807) is 0 Å². The van der Waals surface area contributed by atoms with Crippen LogP contribution in [0, 0.1) is 0 Å². The molecule has 0 aliphatic carbocycles. The second kappa shape index (κ2) is 11.9. The van der Waals surface area contributed by atoms with E-state index in [1.807, 2.05) is 0 Å². The van der Waals surface area contributed by atoms with Gasteiger partial charge in [-0.3, -0.25) is 0 Å². The molecule has 0 saturated carbocycles. The Hall–Kier alpha value is -0.160. The maximum absolute atomic E-state index is 5.59. The molecule has 4 N–H and O–H groups in total. The molecule has 0 heterocycles. The van der Waals surface area contributed by atoms with Crippen molar-refractivity contribution in [2.24, 2.45) is 11.5 Å². The maximum Gasteiger partial charge on any atom is 0.0547 e. The molecule has 0 aromatic heterocycles. The molecule has 0 radical (unpaired) electrons. The van der Waals surface area contributed by atoms with Crippen LogP contribution in [-0.4, -0.2) is 39.0 Å². The van der Waals surface area contributed by atoms with E-state index in [9.17, 15) is 0 Å². The number of hydrogen-bond acceptors (Lipinski definition) is 4. The van der Waals surface area contributed by atoms with Crippen molar-refractivity contribution in [1.82, 2.24) is 0 Å². The molecule has 15 heavy (non-hydrogen) atoms. The molecule has 0 amide bonds. The van der Waals surface area contributed by atoms with Crippen LogP contribution in [0.25, 0.3) is 0 Å². The molecule has 0 aliphatic heterocycles. The summed E-state index contributed by atoms with van der Waals surface area (Å²) in [5.74, 6) is 0. The molecular formula is C11H26N2O2. The lowest BCUT2D eigenvalue weighted by molar-refractivity contribution is 0.0378. The predicted octanol–water partition coefficient (Wildman–Crippen LogP) is 0.886. The minimum atomic E-state index is 0.317. The smallest absolute Gasteiger partial charge is 0.0547 e. The van der Waals surface area contributed by atoms with Crippen molar-refractivity contribution in [2.45, 2.75) is 38.7 Å². The molecule has 1 unspecified atom stereocenters. The highest BCUT2D eigenvalue weighted by molar-refractivity contribution is 4.51. The molecule has 92 valence electrons. The van der Waals surface area contributed by atoms with Gasteiger partial charge in [0.15, 0.2) is 0 Å². The van der Waals surface area contributed by atoms with Crippen LogP contribution in [0.15, 0.2) is 0 Å². The van der Waals surface area contributed by atoms with Crippen LogP contribution in [0.2, 0.25) is 0 Å². The van der Waals surface area contributed by atoms with Gasteiger partial charge >= 0.3 is 0 Å². The lowest BCUT2D eigenvalue weighted by atomic mass is 10.2. The van der Waals surface area contributed by atoms with E-state index in [2.05, 4.69) is 6.92 Å². The summed E-state index contributed by atoms with van der Waals surface area (Å²) in [4.78, 5) is 0. The Bertz CT molecular complexity index is 123. The minimum absolute atomic E-state index is 0.317. The van der Waals surface area contributed by atoms with E-state index in [4.69, 9.17) is 20.9 Å². The Balaban J connectivity index is 3.02. The first-order valence-corrected chi connectivity index (χ1v) is 5.90. The van der Waals surface area contributed by atoms with Gasteiger partial charge in [-0.05, 0) is 45.7 Å². The first kappa shape index (κ1) is 14.8. The Kier molecular flexibility index (Phi) is 11.8. The topological polar surface area (TPSA) is 70.5 Å². The third-order valence-electron chi connectivity index (χ3n) is 2.14. The molecule has 1 atom stereocenters. The van der Waals surface area contributed by atoms with E-state index in [-0.39, 0.29) is 0 Å². The van der Waals surface area contributed by atoms with Crippen molar-refractivity contribution >= 4 is 0 Å². The Morgan fingerprint density at radius 1 is 0.933 bits per heavy atom. The van der Waals surface area contributed by atoms with E-state index in [0.717, 1.165) is 52.0 Å². The predicted molar refractivity (Wildman–Crippen MR) is 62.8 cm³/mol. The Morgan fingerprint density at radius 2 is 1.60 bits per heavy atom. The van der Waals surface area contributed by atoms with Gasteiger partial charge < -0.3 is 20.9 Å². The molecule has 4 nitrogen and oxygen atoms in total. The molecule has 0 aromatic carbocycles. The highest BCUT2D eigenvalue weighted by Crippen LogP contribution is 2.01. The second-order valence-electron chi connectivity index (χ2n) is 3.72. The van der Waals surface area contributed by atoms with Gasteiger partial charge in [0.1, 0.15) is 0 Å². The van der Waals surface area contributed by atoms with Gasteiger partial charge in [0, 0.05) is 19.8 Å². The van der Waals surface area contributed by atoms with Crippen LogP contribution in [-0.2, 0) is 9.47 Å². The van der Waals surface area contributed by atoms with E-state index >= 15 is 0 Å². The quantitative estimate of drug-likeness (QED) is 0.505. The van der Waals surface area contributed by atoms with Gasteiger partial charge in [-0.1, -0.05) is 0 Å². The lowest BCUT2D eigenvalue weighted by Gasteiger charge is -2.12. The number of nitrogens with two attached hydrogens (primary N) is 2. The summed E-state index contributed by atoms with van der Waals surface area (Å²) < 4.78 is 10.9. The van der Waals surface area contributed by atoms with Crippen LogP contribution in [0.5, 0.6) is 0 Å². The van der Waals surface area contributed by atoms with Crippen molar-refractivity contribution in [2.75, 3.05) is 32.9 Å². The number of hydrogen-bond donors (Lipinski definition) is 2. The first-order valence-electron chi connectivity index (χ1n) is 5.90. The largest absolute Gasteiger partial charge is 0.381 e. The van der Waals surface area contributed by atoms with Crippen molar-refractivity contribution in [3.8, 4) is 0 Å². The fourth-order valence-corrected chi connectivity index (χ4v) is 1.22. The van der Waals surface area contributed by atoms with Crippen LogP contribution in [0.1, 0.15) is 32.6 Å². The maximum atomic E-state index is 5.59. The molecule has 0 aliphatic rings. The third-order valence-corrected chi connectivity index (χ3v) is 2.14. The summed E-state index contributed by atoms with van der Waals surface area (Å²) in [6.45, 7) is 5.84. The molecule has 0 bridgehead atoms. The zero-order chi connectivity index (χ0) is 11.4. The average Bonchev–Trinajstić information content (AvgIpc) is 2.25. The van der Waals surface area contributed by atoms with Crippen LogP contribution >= 0.6 is 0 Å². The molecule has 0 aromatic rings. The lowest BCUT2D eigenvalue weighted by Crippen LogP contribution is -2.13. The summed E-state index contributed by atoms with van der Waals surface area (Å²) in [6.07, 6.45) is 4.29. The van der Waals surface area contributed by atoms with Gasteiger partial charge in [0.25, 0.3) is 0 Å². The SMILES string of the molecule is CC(CCCN)OCCCOCCCN. The van der Waals surface area contributed by atoms with Gasteiger partial charge in [-0.25, -0.2) is 0 Å². The van der Waals surface area contributed by atoms with Crippen molar-refractivity contribution in [3.05, 3.63) is 0 Å². The van der Waals surface area contributed by atoms with Crippen molar-refractivity contribution in [3.63, 3.8) is 0 Å². The number of rotatable bonds is 11. The van der Waals surface area contributed by atoms with Gasteiger partial charge in [0.2, 0.25) is 0 Å². The molecule has 4 heteroatoms. The van der Waals surface area contributed by atoms with Crippen molar-refractivity contribution in [1.29, 1.82) is 0 Å². The molecular weight excluding hydrogens is 192 g/mol. The summed E-state index contributed by atoms with van der Waals surface area (Å²) in [5, 5.41) is 0. The number of ether oxygens (including phenoxy) is 2. The summed E-state index contributed by atoms with van der Waals surface area (Å²) in [5.41, 5.74) is 10.8. The van der Waals surface area contributed by atoms with Crippen LogP contribution in [0.4, 0.5) is 0 Å². The highest BCUT2D eigenvalue weighted by Gasteiger charge is 2.00. The average molecular weight is 218 g/mol. The van der Waals surface area contributed by atoms with Crippen molar-refractivity contribution < 1.29 is 9.47 Å². The minimum Gasteiger partial charge on any atom is -0.381 e.